The highest BCUT2D eigenvalue weighted by molar-refractivity contribution is 5.22. The van der Waals surface area contributed by atoms with Gasteiger partial charge in [0.2, 0.25) is 0 Å². The van der Waals surface area contributed by atoms with Crippen LogP contribution in [0.4, 0.5) is 0 Å². The van der Waals surface area contributed by atoms with Crippen LogP contribution < -0.4 is 0 Å². The molecule has 7 N–H and O–H groups in total. The molecule has 0 amide bonds. The van der Waals surface area contributed by atoms with Gasteiger partial charge in [-0.25, -0.2) is 0 Å². The van der Waals surface area contributed by atoms with Crippen molar-refractivity contribution in [2.24, 2.45) is 45.3 Å². The number of fused-ring (bicyclic) bond motifs is 5. The normalized spacial score (nSPS) is 52.2. The molecule has 0 unspecified atom stereocenters. The Labute approximate surface area is 270 Å². The molecule has 5 fully saturated rings. The fourth-order valence-corrected chi connectivity index (χ4v) is 11.9. The lowest BCUT2D eigenvalue weighted by atomic mass is 9.34. The molecular formula is C36H62O9. The molecule has 0 bridgehead atoms. The summed E-state index contributed by atoms with van der Waals surface area (Å²) in [5.41, 5.74) is -1.21. The van der Waals surface area contributed by atoms with Gasteiger partial charge in [-0.1, -0.05) is 46.3 Å². The smallest absolute Gasteiger partial charge is 0.186 e. The monoisotopic (exact) mass is 638 g/mol. The molecule has 45 heavy (non-hydrogen) atoms. The highest BCUT2D eigenvalue weighted by Crippen LogP contribution is 2.76. The molecule has 5 rings (SSSR count). The zero-order valence-corrected chi connectivity index (χ0v) is 28.8. The van der Waals surface area contributed by atoms with Crippen molar-refractivity contribution >= 4 is 0 Å². The molecular weight excluding hydrogens is 576 g/mol. The number of allylic oxidation sites excluding steroid dienone is 2. The Morgan fingerprint density at radius 1 is 0.933 bits per heavy atom. The standard InChI is InChI=1S/C36H62O9/c1-19(2)10-9-13-36(8,43)20-11-15-34(6)26(20)21(38)16-24-33(5)14-12-25(39)32(3,4)30(33)22(17-35(24,34)7)44-31-29(42)28(41)27(40)23(18-37)45-31/h10,20-31,37-43H,9,11-18H2,1-8H3/t20-,21+,22-,23+,24+,25-,26-,27+,28-,29+,30-,31+,33+,34+,35+,36+/m1/s1. The molecule has 0 aromatic heterocycles. The third kappa shape index (κ3) is 5.48. The first-order chi connectivity index (χ1) is 20.8. The van der Waals surface area contributed by atoms with Crippen molar-refractivity contribution in [3.05, 3.63) is 11.6 Å². The van der Waals surface area contributed by atoms with Crippen molar-refractivity contribution in [1.29, 1.82) is 0 Å². The van der Waals surface area contributed by atoms with Crippen LogP contribution in [0.15, 0.2) is 11.6 Å². The van der Waals surface area contributed by atoms with E-state index in [0.717, 1.165) is 25.7 Å². The van der Waals surface area contributed by atoms with Crippen LogP contribution >= 0.6 is 0 Å². The Hall–Kier alpha value is -0.620. The van der Waals surface area contributed by atoms with Crippen LogP contribution in [0.25, 0.3) is 0 Å². The molecule has 4 aliphatic carbocycles. The molecule has 1 aliphatic heterocycles. The predicted molar refractivity (Wildman–Crippen MR) is 170 cm³/mol. The molecule has 1 saturated heterocycles. The molecule has 0 aromatic carbocycles. The fraction of sp³-hybridized carbons (Fsp3) is 0.944. The minimum absolute atomic E-state index is 0.0548. The number of rotatable bonds is 7. The molecule has 4 saturated carbocycles. The lowest BCUT2D eigenvalue weighted by Gasteiger charge is -2.72. The Morgan fingerprint density at radius 2 is 1.60 bits per heavy atom. The van der Waals surface area contributed by atoms with Gasteiger partial charge >= 0.3 is 0 Å². The van der Waals surface area contributed by atoms with Crippen molar-refractivity contribution < 1.29 is 45.2 Å². The van der Waals surface area contributed by atoms with Gasteiger partial charge in [-0.05, 0) is 117 Å². The van der Waals surface area contributed by atoms with E-state index in [0.29, 0.717) is 25.7 Å². The van der Waals surface area contributed by atoms with E-state index in [1.165, 1.54) is 5.57 Å². The van der Waals surface area contributed by atoms with Crippen molar-refractivity contribution in [3.63, 3.8) is 0 Å². The fourth-order valence-electron chi connectivity index (χ4n) is 11.9. The van der Waals surface area contributed by atoms with Crippen LogP contribution in [-0.4, -0.2) is 97.0 Å². The third-order valence-electron chi connectivity index (χ3n) is 14.4. The van der Waals surface area contributed by atoms with Gasteiger partial charge < -0.3 is 45.2 Å². The number of hydrogen-bond acceptors (Lipinski definition) is 9. The Kier molecular flexibility index (Phi) is 9.56. The van der Waals surface area contributed by atoms with Crippen LogP contribution in [0, 0.1) is 45.3 Å². The van der Waals surface area contributed by atoms with Crippen LogP contribution in [0.2, 0.25) is 0 Å². The maximum atomic E-state index is 12.1. The summed E-state index contributed by atoms with van der Waals surface area (Å²) in [5.74, 6) is -0.186. The lowest BCUT2D eigenvalue weighted by Crippen LogP contribution is -2.71. The van der Waals surface area contributed by atoms with Crippen LogP contribution in [0.5, 0.6) is 0 Å². The minimum atomic E-state index is -1.54. The summed E-state index contributed by atoms with van der Waals surface area (Å²) in [6, 6.07) is 0. The summed E-state index contributed by atoms with van der Waals surface area (Å²) in [4.78, 5) is 0. The second-order valence-corrected chi connectivity index (χ2v) is 17.5. The van der Waals surface area contributed by atoms with E-state index >= 15 is 0 Å². The van der Waals surface area contributed by atoms with E-state index in [4.69, 9.17) is 9.47 Å². The molecule has 9 heteroatoms. The van der Waals surface area contributed by atoms with Gasteiger partial charge in [-0.15, -0.1) is 0 Å². The number of hydrogen-bond donors (Lipinski definition) is 7. The zero-order valence-electron chi connectivity index (χ0n) is 28.8. The Bertz CT molecular complexity index is 1100. The number of ether oxygens (including phenoxy) is 2. The van der Waals surface area contributed by atoms with Crippen molar-refractivity contribution in [2.45, 2.75) is 161 Å². The molecule has 16 atom stereocenters. The van der Waals surface area contributed by atoms with Crippen molar-refractivity contribution in [3.8, 4) is 0 Å². The maximum absolute atomic E-state index is 12.1. The first-order valence-electron chi connectivity index (χ1n) is 17.4. The molecule has 0 aromatic rings. The van der Waals surface area contributed by atoms with Crippen LogP contribution in [0.3, 0.4) is 0 Å². The summed E-state index contributed by atoms with van der Waals surface area (Å²) in [6.45, 7) is 16.6. The van der Waals surface area contributed by atoms with Crippen LogP contribution in [0.1, 0.15) is 107 Å². The van der Waals surface area contributed by atoms with Crippen LogP contribution in [-0.2, 0) is 9.47 Å². The van der Waals surface area contributed by atoms with E-state index in [-0.39, 0.29) is 39.9 Å². The van der Waals surface area contributed by atoms with E-state index in [2.05, 4.69) is 54.5 Å². The van der Waals surface area contributed by atoms with Crippen molar-refractivity contribution in [2.75, 3.05) is 6.61 Å². The van der Waals surface area contributed by atoms with Gasteiger partial charge in [-0.2, -0.15) is 0 Å². The summed E-state index contributed by atoms with van der Waals surface area (Å²) >= 11 is 0. The van der Waals surface area contributed by atoms with E-state index in [9.17, 15) is 35.7 Å². The Balaban J connectivity index is 1.54. The molecule has 9 nitrogen and oxygen atoms in total. The van der Waals surface area contributed by atoms with Gasteiger partial charge in [0.1, 0.15) is 24.4 Å². The van der Waals surface area contributed by atoms with E-state index < -0.39 is 66.6 Å². The van der Waals surface area contributed by atoms with E-state index in [1.807, 2.05) is 6.92 Å². The summed E-state index contributed by atoms with van der Waals surface area (Å²) < 4.78 is 12.6. The third-order valence-corrected chi connectivity index (χ3v) is 14.4. The molecule has 5 aliphatic rings. The topological polar surface area (TPSA) is 160 Å². The summed E-state index contributed by atoms with van der Waals surface area (Å²) in [6.07, 6.45) is -0.603. The number of aliphatic hydroxyl groups excluding tert-OH is 6. The first kappa shape index (κ1) is 35.7. The number of aliphatic hydroxyl groups is 7. The minimum Gasteiger partial charge on any atom is -0.394 e. The highest BCUT2D eigenvalue weighted by Gasteiger charge is 2.73. The van der Waals surface area contributed by atoms with Gasteiger partial charge in [0.05, 0.1) is 30.5 Å². The van der Waals surface area contributed by atoms with Gasteiger partial charge in [0, 0.05) is 0 Å². The molecule has 0 spiro atoms. The van der Waals surface area contributed by atoms with E-state index in [1.54, 1.807) is 0 Å². The summed E-state index contributed by atoms with van der Waals surface area (Å²) in [5, 5.41) is 77.2. The zero-order chi connectivity index (χ0) is 33.5. The maximum Gasteiger partial charge on any atom is 0.186 e. The second kappa shape index (κ2) is 12.1. The molecule has 260 valence electrons. The second-order valence-electron chi connectivity index (χ2n) is 17.5. The van der Waals surface area contributed by atoms with Gasteiger partial charge in [0.25, 0.3) is 0 Å². The molecule has 0 radical (unpaired) electrons. The average Bonchev–Trinajstić information content (AvgIpc) is 3.33. The quantitative estimate of drug-likeness (QED) is 0.164. The SMILES string of the molecule is CC(C)=CCC[C@](C)(O)[C@@H]1CC[C@@]2(C)[C@H]1[C@@H](O)C[C@H]1[C@]3(C)CC[C@@H](O)C(C)(C)[C@H]3[C@H](O[C@H]3O[C@@H](CO)[C@H](O)[C@@H](O)[C@@H]3O)C[C@@]12C. The van der Waals surface area contributed by atoms with Gasteiger partial charge in [-0.3, -0.25) is 0 Å². The largest absolute Gasteiger partial charge is 0.394 e. The average molecular weight is 639 g/mol. The highest BCUT2D eigenvalue weighted by atomic mass is 16.7. The summed E-state index contributed by atoms with van der Waals surface area (Å²) in [7, 11) is 0. The molecule has 1 heterocycles. The lowest BCUT2D eigenvalue weighted by molar-refractivity contribution is -0.346. The first-order valence-corrected chi connectivity index (χ1v) is 17.4. The predicted octanol–water partition coefficient (Wildman–Crippen LogP) is 3.30. The van der Waals surface area contributed by atoms with Crippen molar-refractivity contribution in [1.82, 2.24) is 0 Å². The van der Waals surface area contributed by atoms with Gasteiger partial charge in [0.15, 0.2) is 6.29 Å². The Morgan fingerprint density at radius 3 is 2.22 bits per heavy atom.